The van der Waals surface area contributed by atoms with Crippen LogP contribution in [0.25, 0.3) is 0 Å². The number of nitriles is 1. The van der Waals surface area contributed by atoms with Crippen molar-refractivity contribution in [1.82, 2.24) is 0 Å². The fourth-order valence-electron chi connectivity index (χ4n) is 2.28. The number of rotatable bonds is 1. The van der Waals surface area contributed by atoms with Crippen LogP contribution in [-0.2, 0) is 14.3 Å². The zero-order valence-electron chi connectivity index (χ0n) is 8.88. The molecule has 0 bridgehead atoms. The molecule has 2 unspecified atom stereocenters. The second-order valence-corrected chi connectivity index (χ2v) is 3.95. The Hall–Kier alpha value is -2.06. The molecule has 0 saturated carbocycles. The Kier molecular flexibility index (Phi) is 2.06. The van der Waals surface area contributed by atoms with Crippen LogP contribution in [0.3, 0.4) is 0 Å². The molecule has 5 heteroatoms. The molecule has 1 aromatic rings. The molecule has 0 amide bonds. The SMILES string of the molecule is N#CC12C(=O)OCC=C1COC2c1ccco1. The van der Waals surface area contributed by atoms with Gasteiger partial charge < -0.3 is 13.9 Å². The summed E-state index contributed by atoms with van der Waals surface area (Å²) in [5.41, 5.74) is -0.714. The normalized spacial score (nSPS) is 31.4. The van der Waals surface area contributed by atoms with Gasteiger partial charge in [0.25, 0.3) is 0 Å². The molecule has 0 N–H and O–H groups in total. The van der Waals surface area contributed by atoms with Gasteiger partial charge in [0.15, 0.2) is 0 Å². The molecular formula is C12H9NO4. The van der Waals surface area contributed by atoms with Crippen LogP contribution >= 0.6 is 0 Å². The summed E-state index contributed by atoms with van der Waals surface area (Å²) in [4.78, 5) is 11.9. The lowest BCUT2D eigenvalue weighted by atomic mass is 9.76. The smallest absolute Gasteiger partial charge is 0.334 e. The summed E-state index contributed by atoms with van der Waals surface area (Å²) in [6, 6.07) is 5.42. The Morgan fingerprint density at radius 2 is 2.41 bits per heavy atom. The van der Waals surface area contributed by atoms with Crippen LogP contribution in [0.15, 0.2) is 34.5 Å². The zero-order chi connectivity index (χ0) is 11.9. The second kappa shape index (κ2) is 3.47. The third-order valence-corrected chi connectivity index (χ3v) is 3.15. The van der Waals surface area contributed by atoms with E-state index in [1.165, 1.54) is 6.26 Å². The molecule has 0 spiro atoms. The molecule has 0 aromatic carbocycles. The summed E-state index contributed by atoms with van der Waals surface area (Å²) in [5.74, 6) is -0.0924. The fraction of sp³-hybridized carbons (Fsp3) is 0.333. The maximum Gasteiger partial charge on any atom is 0.334 e. The van der Waals surface area contributed by atoms with Gasteiger partial charge in [-0.25, -0.2) is 4.79 Å². The minimum atomic E-state index is -1.38. The molecule has 1 saturated heterocycles. The van der Waals surface area contributed by atoms with E-state index in [2.05, 4.69) is 0 Å². The molecule has 3 heterocycles. The molecule has 1 aromatic heterocycles. The van der Waals surface area contributed by atoms with E-state index < -0.39 is 17.5 Å². The largest absolute Gasteiger partial charge is 0.466 e. The van der Waals surface area contributed by atoms with Crippen LogP contribution in [0.5, 0.6) is 0 Å². The molecule has 0 aliphatic carbocycles. The van der Waals surface area contributed by atoms with E-state index in [0.717, 1.165) is 0 Å². The van der Waals surface area contributed by atoms with Crippen molar-refractivity contribution in [2.24, 2.45) is 5.41 Å². The number of carbonyl (C=O) groups excluding carboxylic acids is 1. The lowest BCUT2D eigenvalue weighted by Gasteiger charge is -2.27. The van der Waals surface area contributed by atoms with Crippen molar-refractivity contribution in [1.29, 1.82) is 5.26 Å². The first-order valence-corrected chi connectivity index (χ1v) is 5.22. The van der Waals surface area contributed by atoms with Gasteiger partial charge in [0.2, 0.25) is 5.41 Å². The van der Waals surface area contributed by atoms with Gasteiger partial charge in [-0.15, -0.1) is 0 Å². The molecule has 5 nitrogen and oxygen atoms in total. The lowest BCUT2D eigenvalue weighted by Crippen LogP contribution is -2.38. The van der Waals surface area contributed by atoms with Crippen LogP contribution < -0.4 is 0 Å². The standard InChI is InChI=1S/C12H9NO4/c13-7-12-8(3-5-16-11(12)14)6-17-10(12)9-2-1-4-15-9/h1-4,10H,5-6H2. The maximum atomic E-state index is 11.9. The maximum absolute atomic E-state index is 11.9. The first-order valence-electron chi connectivity index (χ1n) is 5.22. The summed E-state index contributed by atoms with van der Waals surface area (Å²) >= 11 is 0. The predicted molar refractivity (Wildman–Crippen MR) is 54.5 cm³/mol. The van der Waals surface area contributed by atoms with Crippen molar-refractivity contribution in [3.63, 3.8) is 0 Å². The number of nitrogens with zero attached hydrogens (tertiary/aromatic N) is 1. The van der Waals surface area contributed by atoms with Gasteiger partial charge in [-0.1, -0.05) is 0 Å². The molecular weight excluding hydrogens is 222 g/mol. The highest BCUT2D eigenvalue weighted by Crippen LogP contribution is 2.50. The van der Waals surface area contributed by atoms with Crippen molar-refractivity contribution in [3.05, 3.63) is 35.8 Å². The third-order valence-electron chi connectivity index (χ3n) is 3.15. The van der Waals surface area contributed by atoms with Crippen LogP contribution in [0, 0.1) is 16.7 Å². The number of cyclic esters (lactones) is 1. The summed E-state index contributed by atoms with van der Waals surface area (Å²) < 4.78 is 15.7. The van der Waals surface area contributed by atoms with E-state index in [9.17, 15) is 10.1 Å². The van der Waals surface area contributed by atoms with Crippen LogP contribution in [-0.4, -0.2) is 19.2 Å². The van der Waals surface area contributed by atoms with E-state index >= 15 is 0 Å². The molecule has 2 atom stereocenters. The number of hydrogen-bond donors (Lipinski definition) is 0. The van der Waals surface area contributed by atoms with E-state index in [-0.39, 0.29) is 13.2 Å². The number of esters is 1. The Labute approximate surface area is 97.2 Å². The van der Waals surface area contributed by atoms with Gasteiger partial charge in [-0.3, -0.25) is 0 Å². The lowest BCUT2D eigenvalue weighted by molar-refractivity contribution is -0.154. The molecule has 2 aliphatic rings. The van der Waals surface area contributed by atoms with Crippen LogP contribution in [0.1, 0.15) is 11.9 Å². The van der Waals surface area contributed by atoms with E-state index in [1.807, 2.05) is 6.07 Å². The molecule has 0 radical (unpaired) electrons. The summed E-state index contributed by atoms with van der Waals surface area (Å²) in [5, 5.41) is 9.38. The predicted octanol–water partition coefficient (Wildman–Crippen LogP) is 1.34. The van der Waals surface area contributed by atoms with Gasteiger partial charge in [-0.2, -0.15) is 5.26 Å². The second-order valence-electron chi connectivity index (χ2n) is 3.95. The van der Waals surface area contributed by atoms with Crippen molar-refractivity contribution in [3.8, 4) is 6.07 Å². The topological polar surface area (TPSA) is 72.5 Å². The number of ether oxygens (including phenoxy) is 2. The first kappa shape index (κ1) is 10.1. The van der Waals surface area contributed by atoms with Crippen molar-refractivity contribution >= 4 is 5.97 Å². The highest BCUT2D eigenvalue weighted by Gasteiger charge is 2.59. The average molecular weight is 231 g/mol. The van der Waals surface area contributed by atoms with Gasteiger partial charge in [0.05, 0.1) is 18.9 Å². The monoisotopic (exact) mass is 231 g/mol. The Morgan fingerprint density at radius 3 is 3.12 bits per heavy atom. The molecule has 86 valence electrons. The minimum absolute atomic E-state index is 0.200. The van der Waals surface area contributed by atoms with E-state index in [4.69, 9.17) is 13.9 Å². The quantitative estimate of drug-likeness (QED) is 0.538. The summed E-state index contributed by atoms with van der Waals surface area (Å²) in [7, 11) is 0. The minimum Gasteiger partial charge on any atom is -0.466 e. The first-order chi connectivity index (χ1) is 8.29. The molecule has 3 rings (SSSR count). The van der Waals surface area contributed by atoms with Crippen molar-refractivity contribution in [2.75, 3.05) is 13.2 Å². The van der Waals surface area contributed by atoms with Gasteiger partial charge in [-0.05, 0) is 23.8 Å². The number of furan rings is 1. The molecule has 2 aliphatic heterocycles. The molecule has 1 fully saturated rings. The van der Waals surface area contributed by atoms with Crippen molar-refractivity contribution < 1.29 is 18.7 Å². The number of hydrogen-bond acceptors (Lipinski definition) is 5. The highest BCUT2D eigenvalue weighted by atomic mass is 16.5. The van der Waals surface area contributed by atoms with Gasteiger partial charge in [0.1, 0.15) is 18.5 Å². The highest BCUT2D eigenvalue weighted by molar-refractivity contribution is 5.87. The zero-order valence-corrected chi connectivity index (χ0v) is 8.88. The average Bonchev–Trinajstić information content (AvgIpc) is 2.95. The van der Waals surface area contributed by atoms with Gasteiger partial charge >= 0.3 is 5.97 Å². The van der Waals surface area contributed by atoms with E-state index in [0.29, 0.717) is 11.3 Å². The van der Waals surface area contributed by atoms with Crippen LogP contribution in [0.2, 0.25) is 0 Å². The van der Waals surface area contributed by atoms with Crippen molar-refractivity contribution in [2.45, 2.75) is 6.10 Å². The van der Waals surface area contributed by atoms with E-state index in [1.54, 1.807) is 18.2 Å². The number of carbonyl (C=O) groups is 1. The third kappa shape index (κ3) is 1.19. The Balaban J connectivity index is 2.14. The summed E-state index contributed by atoms with van der Waals surface area (Å²) in [6.45, 7) is 0.458. The fourth-order valence-corrected chi connectivity index (χ4v) is 2.28. The van der Waals surface area contributed by atoms with Crippen LogP contribution in [0.4, 0.5) is 0 Å². The van der Waals surface area contributed by atoms with Gasteiger partial charge in [0, 0.05) is 0 Å². The molecule has 17 heavy (non-hydrogen) atoms. The Bertz CT molecular complexity index is 525. The Morgan fingerprint density at radius 1 is 1.53 bits per heavy atom. The number of fused-ring (bicyclic) bond motifs is 1. The summed E-state index contributed by atoms with van der Waals surface area (Å²) in [6.07, 6.45) is 2.49.